The van der Waals surface area contributed by atoms with Gasteiger partial charge in [-0.25, -0.2) is 13.9 Å². The SMILES string of the molecule is CCOC(=O)c1cc(-c2cccc(NC(=O)COc3ccc(Cl)cc3)c2)n(-c2ccc(F)cc2)n1. The van der Waals surface area contributed by atoms with E-state index < -0.39 is 11.8 Å². The van der Waals surface area contributed by atoms with Crippen LogP contribution in [0, 0.1) is 5.82 Å². The number of nitrogens with one attached hydrogen (secondary N) is 1. The Balaban J connectivity index is 1.57. The van der Waals surface area contributed by atoms with Crippen molar-refractivity contribution in [2.24, 2.45) is 0 Å². The van der Waals surface area contributed by atoms with E-state index in [1.165, 1.54) is 16.8 Å². The number of hydrogen-bond acceptors (Lipinski definition) is 5. The molecule has 0 aliphatic heterocycles. The lowest BCUT2D eigenvalue weighted by Crippen LogP contribution is -2.20. The van der Waals surface area contributed by atoms with Gasteiger partial charge in [-0.2, -0.15) is 5.10 Å². The molecule has 35 heavy (non-hydrogen) atoms. The molecule has 0 fully saturated rings. The molecule has 1 heterocycles. The van der Waals surface area contributed by atoms with Crippen molar-refractivity contribution < 1.29 is 23.5 Å². The van der Waals surface area contributed by atoms with E-state index in [0.717, 1.165) is 0 Å². The van der Waals surface area contributed by atoms with Gasteiger partial charge in [-0.1, -0.05) is 23.7 Å². The Labute approximate surface area is 206 Å². The molecule has 7 nitrogen and oxygen atoms in total. The Hall–Kier alpha value is -4.17. The standard InChI is InChI=1S/C26H21ClFN3O4/c1-2-34-26(33)23-15-24(31(30-23)21-10-8-19(28)9-11-21)17-4-3-5-20(14-17)29-25(32)16-35-22-12-6-18(27)7-13-22/h3-15H,2,16H2,1H3,(H,29,32). The largest absolute Gasteiger partial charge is 0.484 e. The smallest absolute Gasteiger partial charge is 0.358 e. The maximum atomic E-state index is 13.5. The minimum atomic E-state index is -0.571. The van der Waals surface area contributed by atoms with Gasteiger partial charge in [-0.15, -0.1) is 0 Å². The van der Waals surface area contributed by atoms with E-state index in [9.17, 15) is 14.0 Å². The molecule has 0 bridgehead atoms. The van der Waals surface area contributed by atoms with Gasteiger partial charge in [-0.05, 0) is 73.7 Å². The number of aromatic nitrogens is 2. The van der Waals surface area contributed by atoms with Crippen LogP contribution in [0.1, 0.15) is 17.4 Å². The highest BCUT2D eigenvalue weighted by Gasteiger charge is 2.18. The third-order valence-corrected chi connectivity index (χ3v) is 5.14. The summed E-state index contributed by atoms with van der Waals surface area (Å²) in [5.41, 5.74) is 2.43. The maximum Gasteiger partial charge on any atom is 0.358 e. The molecule has 178 valence electrons. The molecule has 0 aliphatic rings. The number of halogens is 2. The molecule has 9 heteroatoms. The second-order valence-corrected chi connectivity index (χ2v) is 7.83. The maximum absolute atomic E-state index is 13.5. The van der Waals surface area contributed by atoms with Gasteiger partial charge in [0.25, 0.3) is 5.91 Å². The molecule has 0 radical (unpaired) electrons. The number of benzene rings is 3. The molecule has 0 unspecified atom stereocenters. The number of anilines is 1. The van der Waals surface area contributed by atoms with Crippen LogP contribution in [0.15, 0.2) is 78.9 Å². The normalized spacial score (nSPS) is 10.6. The van der Waals surface area contributed by atoms with Crippen LogP contribution in [-0.2, 0) is 9.53 Å². The highest BCUT2D eigenvalue weighted by atomic mass is 35.5. The molecule has 0 aliphatic carbocycles. The van der Waals surface area contributed by atoms with E-state index in [1.54, 1.807) is 67.6 Å². The van der Waals surface area contributed by atoms with Crippen LogP contribution in [-0.4, -0.2) is 34.9 Å². The van der Waals surface area contributed by atoms with Crippen molar-refractivity contribution >= 4 is 29.2 Å². The minimum Gasteiger partial charge on any atom is -0.484 e. The van der Waals surface area contributed by atoms with Crippen molar-refractivity contribution in [1.82, 2.24) is 9.78 Å². The molecule has 1 amide bonds. The van der Waals surface area contributed by atoms with Gasteiger partial charge < -0.3 is 14.8 Å². The summed E-state index contributed by atoms with van der Waals surface area (Å²) in [6.45, 7) is 1.72. The monoisotopic (exact) mass is 493 g/mol. The van der Waals surface area contributed by atoms with Crippen LogP contribution in [0.5, 0.6) is 5.75 Å². The first-order chi connectivity index (χ1) is 16.9. The van der Waals surface area contributed by atoms with Crippen LogP contribution < -0.4 is 10.1 Å². The van der Waals surface area contributed by atoms with Crippen LogP contribution in [0.4, 0.5) is 10.1 Å². The Morgan fingerprint density at radius 1 is 1.03 bits per heavy atom. The minimum absolute atomic E-state index is 0.108. The van der Waals surface area contributed by atoms with Crippen LogP contribution in [0.2, 0.25) is 5.02 Å². The first-order valence-electron chi connectivity index (χ1n) is 10.7. The molecule has 0 saturated heterocycles. The van der Waals surface area contributed by atoms with E-state index in [-0.39, 0.29) is 24.8 Å². The van der Waals surface area contributed by atoms with E-state index in [0.29, 0.717) is 33.4 Å². The Morgan fingerprint density at radius 2 is 1.77 bits per heavy atom. The van der Waals surface area contributed by atoms with Crippen molar-refractivity contribution in [1.29, 1.82) is 0 Å². The first-order valence-corrected chi connectivity index (χ1v) is 11.1. The zero-order valence-corrected chi connectivity index (χ0v) is 19.5. The van der Waals surface area contributed by atoms with Crippen molar-refractivity contribution in [3.63, 3.8) is 0 Å². The average molecular weight is 494 g/mol. The Morgan fingerprint density at radius 3 is 2.49 bits per heavy atom. The summed E-state index contributed by atoms with van der Waals surface area (Å²) in [7, 11) is 0. The quantitative estimate of drug-likeness (QED) is 0.326. The van der Waals surface area contributed by atoms with E-state index in [2.05, 4.69) is 10.4 Å². The van der Waals surface area contributed by atoms with E-state index in [4.69, 9.17) is 21.1 Å². The number of hydrogen-bond donors (Lipinski definition) is 1. The van der Waals surface area contributed by atoms with E-state index >= 15 is 0 Å². The van der Waals surface area contributed by atoms with Crippen molar-refractivity contribution in [2.45, 2.75) is 6.92 Å². The first kappa shape index (κ1) is 24.0. The zero-order chi connectivity index (χ0) is 24.8. The molecule has 0 saturated carbocycles. The zero-order valence-electron chi connectivity index (χ0n) is 18.7. The topological polar surface area (TPSA) is 82.5 Å². The van der Waals surface area contributed by atoms with Crippen LogP contribution in [0.3, 0.4) is 0 Å². The summed E-state index contributed by atoms with van der Waals surface area (Å²) in [5, 5.41) is 7.73. The number of ether oxygens (including phenoxy) is 2. The number of amides is 1. The third-order valence-electron chi connectivity index (χ3n) is 4.89. The molecule has 4 rings (SSSR count). The van der Waals surface area contributed by atoms with Crippen LogP contribution >= 0.6 is 11.6 Å². The molecular formula is C26H21ClFN3O4. The highest BCUT2D eigenvalue weighted by Crippen LogP contribution is 2.27. The summed E-state index contributed by atoms with van der Waals surface area (Å²) >= 11 is 5.86. The predicted molar refractivity (Wildman–Crippen MR) is 130 cm³/mol. The number of rotatable bonds is 8. The van der Waals surface area contributed by atoms with Gasteiger partial charge in [-0.3, -0.25) is 4.79 Å². The number of carbonyl (C=O) groups is 2. The lowest BCUT2D eigenvalue weighted by molar-refractivity contribution is -0.118. The van der Waals surface area contributed by atoms with Crippen molar-refractivity contribution in [3.05, 3.63) is 95.4 Å². The number of carbonyl (C=O) groups excluding carboxylic acids is 2. The second-order valence-electron chi connectivity index (χ2n) is 7.40. The molecule has 4 aromatic rings. The molecular weight excluding hydrogens is 473 g/mol. The molecule has 0 spiro atoms. The van der Waals surface area contributed by atoms with Gasteiger partial charge in [0, 0.05) is 16.3 Å². The summed E-state index contributed by atoms with van der Waals surface area (Å²) in [5.74, 6) is -0.790. The lowest BCUT2D eigenvalue weighted by Gasteiger charge is -2.11. The lowest BCUT2D eigenvalue weighted by atomic mass is 10.1. The van der Waals surface area contributed by atoms with Gasteiger partial charge in [0.1, 0.15) is 11.6 Å². The molecule has 1 aromatic heterocycles. The Kier molecular flexibility index (Phi) is 7.42. The summed E-state index contributed by atoms with van der Waals surface area (Å²) in [6, 6.07) is 21.1. The number of nitrogens with zero attached hydrogens (tertiary/aromatic N) is 2. The number of esters is 1. The fourth-order valence-corrected chi connectivity index (χ4v) is 3.43. The van der Waals surface area contributed by atoms with Crippen LogP contribution in [0.25, 0.3) is 16.9 Å². The summed E-state index contributed by atoms with van der Waals surface area (Å²) < 4.78 is 25.5. The van der Waals surface area contributed by atoms with Gasteiger partial charge in [0.2, 0.25) is 0 Å². The summed E-state index contributed by atoms with van der Waals surface area (Å²) in [6.07, 6.45) is 0. The van der Waals surface area contributed by atoms with Crippen molar-refractivity contribution in [3.8, 4) is 22.7 Å². The van der Waals surface area contributed by atoms with Gasteiger partial charge >= 0.3 is 5.97 Å². The third kappa shape index (κ3) is 6.04. The van der Waals surface area contributed by atoms with Gasteiger partial charge in [0.15, 0.2) is 12.3 Å². The average Bonchev–Trinajstić information content (AvgIpc) is 3.30. The highest BCUT2D eigenvalue weighted by molar-refractivity contribution is 6.30. The predicted octanol–water partition coefficient (Wildman–Crippen LogP) is 5.53. The van der Waals surface area contributed by atoms with Crippen molar-refractivity contribution in [2.75, 3.05) is 18.5 Å². The summed E-state index contributed by atoms with van der Waals surface area (Å²) in [4.78, 5) is 24.7. The Bertz CT molecular complexity index is 1340. The molecule has 1 N–H and O–H groups in total. The molecule has 0 atom stereocenters. The molecule has 3 aromatic carbocycles. The van der Waals surface area contributed by atoms with Gasteiger partial charge in [0.05, 0.1) is 18.0 Å². The van der Waals surface area contributed by atoms with E-state index in [1.807, 2.05) is 6.07 Å². The second kappa shape index (κ2) is 10.8. The fourth-order valence-electron chi connectivity index (χ4n) is 3.30. The fraction of sp³-hybridized carbons (Fsp3) is 0.115.